The number of carbonyl (C=O) groups is 1. The van der Waals surface area contributed by atoms with Gasteiger partial charge in [0.1, 0.15) is 10.7 Å². The minimum atomic E-state index is -1.02. The first-order valence-electron chi connectivity index (χ1n) is 4.49. The zero-order chi connectivity index (χ0) is 13.1. The number of nitro groups is 1. The lowest BCUT2D eigenvalue weighted by Gasteiger charge is -1.88. The Morgan fingerprint density at radius 1 is 1.44 bits per heavy atom. The Balaban J connectivity index is 2.13. The Hall–Kier alpha value is -2.36. The monoisotopic (exact) mass is 271 g/mol. The fourth-order valence-corrected chi connectivity index (χ4v) is 1.52. The molecule has 1 N–H and O–H groups in total. The molecule has 0 saturated carbocycles. The van der Waals surface area contributed by atoms with Gasteiger partial charge in [0.05, 0.1) is 6.07 Å². The van der Waals surface area contributed by atoms with Gasteiger partial charge in [-0.25, -0.2) is 0 Å². The van der Waals surface area contributed by atoms with Crippen molar-refractivity contribution < 1.29 is 23.7 Å². The first kappa shape index (κ1) is 12.1. The Labute approximate surface area is 103 Å². The van der Waals surface area contributed by atoms with Gasteiger partial charge in [-0.05, 0) is 6.07 Å². The molecule has 0 bridgehead atoms. The van der Waals surface area contributed by atoms with E-state index in [9.17, 15) is 14.9 Å². The van der Waals surface area contributed by atoms with Crippen LogP contribution >= 0.6 is 11.8 Å². The molecular weight excluding hydrogens is 266 g/mol. The maximum Gasteiger partial charge on any atom is 0.433 e. The van der Waals surface area contributed by atoms with Crippen LogP contribution in [0.5, 0.6) is 0 Å². The van der Waals surface area contributed by atoms with Crippen molar-refractivity contribution in [1.82, 2.24) is 10.2 Å². The van der Waals surface area contributed by atoms with Gasteiger partial charge in [0, 0.05) is 0 Å². The van der Waals surface area contributed by atoms with E-state index < -0.39 is 16.8 Å². The number of aliphatic carboxylic acids is 1. The van der Waals surface area contributed by atoms with Crippen molar-refractivity contribution in [1.29, 1.82) is 0 Å². The second kappa shape index (κ2) is 4.87. The van der Waals surface area contributed by atoms with E-state index in [-0.39, 0.29) is 22.6 Å². The first-order chi connectivity index (χ1) is 8.56. The van der Waals surface area contributed by atoms with Gasteiger partial charge >= 0.3 is 11.9 Å². The van der Waals surface area contributed by atoms with Gasteiger partial charge in [0.2, 0.25) is 0 Å². The summed E-state index contributed by atoms with van der Waals surface area (Å²) >= 11 is 0.842. The fraction of sp³-hybridized carbons (Fsp3) is 0.125. The molecule has 0 aliphatic carbocycles. The van der Waals surface area contributed by atoms with E-state index >= 15 is 0 Å². The predicted molar refractivity (Wildman–Crippen MR) is 57.0 cm³/mol. The van der Waals surface area contributed by atoms with Crippen molar-refractivity contribution >= 4 is 23.6 Å². The van der Waals surface area contributed by atoms with E-state index in [1.807, 2.05) is 0 Å². The number of hydrogen-bond acceptors (Lipinski definition) is 8. The molecule has 2 aromatic heterocycles. The molecule has 94 valence electrons. The highest BCUT2D eigenvalue weighted by molar-refractivity contribution is 7.99. The second-order valence-electron chi connectivity index (χ2n) is 2.95. The highest BCUT2D eigenvalue weighted by Crippen LogP contribution is 2.27. The number of carboxylic acid groups (broad SMARTS) is 1. The van der Waals surface area contributed by atoms with Crippen molar-refractivity contribution in [2.75, 3.05) is 5.75 Å². The highest BCUT2D eigenvalue weighted by Gasteiger charge is 2.18. The predicted octanol–water partition coefficient (Wildman–Crippen LogP) is 1.41. The van der Waals surface area contributed by atoms with Gasteiger partial charge in [0.25, 0.3) is 11.1 Å². The smallest absolute Gasteiger partial charge is 0.433 e. The molecule has 0 radical (unpaired) electrons. The third-order valence-corrected chi connectivity index (χ3v) is 2.51. The van der Waals surface area contributed by atoms with Crippen LogP contribution in [0.3, 0.4) is 0 Å². The first-order valence-corrected chi connectivity index (χ1v) is 5.47. The maximum absolute atomic E-state index is 10.4. The Morgan fingerprint density at radius 3 is 2.83 bits per heavy atom. The quantitative estimate of drug-likeness (QED) is 0.486. The summed E-state index contributed by atoms with van der Waals surface area (Å²) in [6.07, 6.45) is 0. The van der Waals surface area contributed by atoms with Crippen LogP contribution in [0.15, 0.2) is 26.2 Å². The summed E-state index contributed by atoms with van der Waals surface area (Å²) in [6, 6.07) is 2.47. The van der Waals surface area contributed by atoms with Crippen molar-refractivity contribution in [3.63, 3.8) is 0 Å². The lowest BCUT2D eigenvalue weighted by atomic mass is 10.4. The molecule has 2 aromatic rings. The third-order valence-electron chi connectivity index (χ3n) is 1.71. The molecule has 0 aromatic carbocycles. The molecule has 0 spiro atoms. The van der Waals surface area contributed by atoms with E-state index in [0.29, 0.717) is 0 Å². The molecule has 0 aliphatic heterocycles. The van der Waals surface area contributed by atoms with Crippen LogP contribution in [-0.4, -0.2) is 31.9 Å². The molecule has 18 heavy (non-hydrogen) atoms. The Bertz CT molecular complexity index is 591. The number of thioether (sulfide) groups is 1. The largest absolute Gasteiger partial charge is 0.481 e. The van der Waals surface area contributed by atoms with Crippen LogP contribution in [0, 0.1) is 10.1 Å². The molecule has 0 fully saturated rings. The number of hydrogen-bond donors (Lipinski definition) is 1. The van der Waals surface area contributed by atoms with Crippen molar-refractivity contribution in [3.8, 4) is 11.7 Å². The third kappa shape index (κ3) is 2.66. The summed E-state index contributed by atoms with van der Waals surface area (Å²) in [5, 5.41) is 26.1. The summed E-state index contributed by atoms with van der Waals surface area (Å²) in [5.74, 6) is -1.68. The summed E-state index contributed by atoms with van der Waals surface area (Å²) in [6.45, 7) is 0. The highest BCUT2D eigenvalue weighted by atomic mass is 32.2. The summed E-state index contributed by atoms with van der Waals surface area (Å²) in [7, 11) is 0. The molecule has 9 nitrogen and oxygen atoms in total. The molecule has 0 amide bonds. The van der Waals surface area contributed by atoms with Gasteiger partial charge in [0.15, 0.2) is 5.76 Å². The van der Waals surface area contributed by atoms with E-state index in [4.69, 9.17) is 13.9 Å². The molecular formula is C8H5N3O6S. The lowest BCUT2D eigenvalue weighted by Crippen LogP contribution is -1.97. The standard InChI is InChI=1S/C8H5N3O6S/c12-6(13)3-18-8-10-9-7(17-8)4-1-2-5(16-4)11(14)15/h1-2H,3H2,(H,12,13). The molecule has 2 heterocycles. The van der Waals surface area contributed by atoms with Crippen molar-refractivity contribution in [2.45, 2.75) is 5.22 Å². The maximum atomic E-state index is 10.4. The van der Waals surface area contributed by atoms with Gasteiger partial charge in [-0.1, -0.05) is 11.8 Å². The zero-order valence-corrected chi connectivity index (χ0v) is 9.42. The zero-order valence-electron chi connectivity index (χ0n) is 8.60. The number of carboxylic acids is 1. The molecule has 10 heteroatoms. The van der Waals surface area contributed by atoms with E-state index in [2.05, 4.69) is 10.2 Å². The summed E-state index contributed by atoms with van der Waals surface area (Å²) in [4.78, 5) is 20.0. The lowest BCUT2D eigenvalue weighted by molar-refractivity contribution is -0.401. The second-order valence-corrected chi connectivity index (χ2v) is 3.88. The van der Waals surface area contributed by atoms with Crippen LogP contribution in [-0.2, 0) is 4.79 Å². The van der Waals surface area contributed by atoms with Crippen LogP contribution < -0.4 is 0 Å². The molecule has 2 rings (SSSR count). The van der Waals surface area contributed by atoms with E-state index in [0.717, 1.165) is 17.8 Å². The van der Waals surface area contributed by atoms with Gasteiger partial charge in [-0.2, -0.15) is 0 Å². The van der Waals surface area contributed by atoms with Crippen molar-refractivity contribution in [2.24, 2.45) is 0 Å². The van der Waals surface area contributed by atoms with Gasteiger partial charge in [-0.3, -0.25) is 14.9 Å². The molecule has 0 atom stereocenters. The van der Waals surface area contributed by atoms with Crippen LogP contribution in [0.1, 0.15) is 0 Å². The topological polar surface area (TPSA) is 132 Å². The summed E-state index contributed by atoms with van der Waals surface area (Å²) in [5.41, 5.74) is 0. The van der Waals surface area contributed by atoms with E-state index in [1.165, 1.54) is 6.07 Å². The number of nitrogens with zero attached hydrogens (tertiary/aromatic N) is 3. The molecule has 0 aliphatic rings. The van der Waals surface area contributed by atoms with Crippen molar-refractivity contribution in [3.05, 3.63) is 22.2 Å². The van der Waals surface area contributed by atoms with E-state index in [1.54, 1.807) is 0 Å². The van der Waals surface area contributed by atoms with Crippen LogP contribution in [0.25, 0.3) is 11.7 Å². The number of furan rings is 1. The van der Waals surface area contributed by atoms with Crippen LogP contribution in [0.4, 0.5) is 5.88 Å². The van der Waals surface area contributed by atoms with Gasteiger partial charge in [-0.15, -0.1) is 10.2 Å². The minimum Gasteiger partial charge on any atom is -0.481 e. The van der Waals surface area contributed by atoms with Crippen LogP contribution in [0.2, 0.25) is 0 Å². The number of rotatable bonds is 5. The van der Waals surface area contributed by atoms with Gasteiger partial charge < -0.3 is 13.9 Å². The molecule has 0 saturated heterocycles. The fourth-order valence-electron chi connectivity index (χ4n) is 1.03. The number of aromatic nitrogens is 2. The molecule has 0 unspecified atom stereocenters. The normalized spacial score (nSPS) is 10.4. The average molecular weight is 271 g/mol. The minimum absolute atomic E-state index is 0.0454. The average Bonchev–Trinajstić information content (AvgIpc) is 2.95. The summed E-state index contributed by atoms with van der Waals surface area (Å²) < 4.78 is 9.92. The SMILES string of the molecule is O=C(O)CSc1nnc(-c2ccc([N+](=O)[O-])o2)o1. The Morgan fingerprint density at radius 2 is 2.22 bits per heavy atom. The Kier molecular flexibility index (Phi) is 3.28.